The van der Waals surface area contributed by atoms with Gasteiger partial charge in [-0.15, -0.1) is 0 Å². The van der Waals surface area contributed by atoms with Crippen LogP contribution in [-0.2, 0) is 4.74 Å². The van der Waals surface area contributed by atoms with Crippen molar-refractivity contribution in [1.29, 1.82) is 0 Å². The number of anilines is 1. The number of nitrogens with zero attached hydrogens (tertiary/aromatic N) is 2. The Labute approximate surface area is 103 Å². The Morgan fingerprint density at radius 1 is 1.29 bits per heavy atom. The highest BCUT2D eigenvalue weighted by Crippen LogP contribution is 2.11. The highest BCUT2D eigenvalue weighted by atomic mass is 16.5. The Hall–Kier alpha value is -1.36. The number of aromatic nitrogens is 2. The summed E-state index contributed by atoms with van der Waals surface area (Å²) in [4.78, 5) is 8.37. The Balaban J connectivity index is 2.33. The molecule has 5 nitrogen and oxygen atoms in total. The van der Waals surface area contributed by atoms with Gasteiger partial charge in [0.15, 0.2) is 0 Å². The standard InChI is InChI=1S/C12H21N3O2/c1-9(2)8-16-5-6-17-11-7-10(3)14-12(13-4)15-11/h7,9H,5-6,8H2,1-4H3,(H,13,14,15). The van der Waals surface area contributed by atoms with Crippen LogP contribution in [0.15, 0.2) is 6.07 Å². The van der Waals surface area contributed by atoms with Crippen LogP contribution in [0.25, 0.3) is 0 Å². The first-order chi connectivity index (χ1) is 8.11. The second-order valence-electron chi connectivity index (χ2n) is 4.24. The van der Waals surface area contributed by atoms with Gasteiger partial charge in [-0.2, -0.15) is 4.98 Å². The van der Waals surface area contributed by atoms with Crippen molar-refractivity contribution in [1.82, 2.24) is 9.97 Å². The van der Waals surface area contributed by atoms with Crippen LogP contribution in [0.2, 0.25) is 0 Å². The molecule has 1 aromatic heterocycles. The second kappa shape index (κ2) is 7.06. The average molecular weight is 239 g/mol. The molecule has 1 aromatic rings. The second-order valence-corrected chi connectivity index (χ2v) is 4.24. The highest BCUT2D eigenvalue weighted by Gasteiger charge is 2.01. The fourth-order valence-corrected chi connectivity index (χ4v) is 1.25. The van der Waals surface area contributed by atoms with Crippen molar-refractivity contribution in [2.24, 2.45) is 5.92 Å². The molecule has 1 rings (SSSR count). The molecule has 0 saturated heterocycles. The topological polar surface area (TPSA) is 56.3 Å². The summed E-state index contributed by atoms with van der Waals surface area (Å²) >= 11 is 0. The van der Waals surface area contributed by atoms with E-state index in [0.717, 1.165) is 12.3 Å². The number of hydrogen-bond donors (Lipinski definition) is 1. The van der Waals surface area contributed by atoms with Gasteiger partial charge in [-0.3, -0.25) is 0 Å². The van der Waals surface area contributed by atoms with E-state index in [-0.39, 0.29) is 0 Å². The van der Waals surface area contributed by atoms with Crippen LogP contribution in [0.5, 0.6) is 5.88 Å². The fourth-order valence-electron chi connectivity index (χ4n) is 1.25. The molecular weight excluding hydrogens is 218 g/mol. The zero-order valence-electron chi connectivity index (χ0n) is 11.0. The maximum absolute atomic E-state index is 5.50. The van der Waals surface area contributed by atoms with Gasteiger partial charge in [-0.25, -0.2) is 4.98 Å². The summed E-state index contributed by atoms with van der Waals surface area (Å²) in [6, 6.07) is 1.81. The lowest BCUT2D eigenvalue weighted by Crippen LogP contribution is -2.11. The normalized spacial score (nSPS) is 10.6. The van der Waals surface area contributed by atoms with E-state index in [1.54, 1.807) is 7.05 Å². The van der Waals surface area contributed by atoms with Crippen molar-refractivity contribution in [2.45, 2.75) is 20.8 Å². The summed E-state index contributed by atoms with van der Waals surface area (Å²) in [6.45, 7) is 7.99. The van der Waals surface area contributed by atoms with Crippen LogP contribution < -0.4 is 10.1 Å². The molecule has 0 spiro atoms. The molecule has 0 bridgehead atoms. The molecule has 0 amide bonds. The van der Waals surface area contributed by atoms with Gasteiger partial charge in [-0.1, -0.05) is 13.8 Å². The monoisotopic (exact) mass is 239 g/mol. The van der Waals surface area contributed by atoms with E-state index in [0.29, 0.717) is 31.0 Å². The molecule has 0 aliphatic heterocycles. The van der Waals surface area contributed by atoms with Gasteiger partial charge >= 0.3 is 0 Å². The summed E-state index contributed by atoms with van der Waals surface area (Å²) in [6.07, 6.45) is 0. The van der Waals surface area contributed by atoms with Crippen molar-refractivity contribution in [2.75, 3.05) is 32.2 Å². The van der Waals surface area contributed by atoms with Gasteiger partial charge in [0.1, 0.15) is 6.61 Å². The number of rotatable bonds is 7. The molecule has 0 aromatic carbocycles. The quantitative estimate of drug-likeness (QED) is 0.736. The molecule has 1 N–H and O–H groups in total. The summed E-state index contributed by atoms with van der Waals surface area (Å²) < 4.78 is 10.9. The Bertz CT molecular complexity index is 343. The van der Waals surface area contributed by atoms with E-state index in [1.807, 2.05) is 13.0 Å². The average Bonchev–Trinajstić information content (AvgIpc) is 2.27. The molecular formula is C12H21N3O2. The summed E-state index contributed by atoms with van der Waals surface area (Å²) in [5.41, 5.74) is 0.877. The third-order valence-electron chi connectivity index (χ3n) is 1.98. The first-order valence-electron chi connectivity index (χ1n) is 5.85. The lowest BCUT2D eigenvalue weighted by atomic mass is 10.2. The van der Waals surface area contributed by atoms with Crippen molar-refractivity contribution < 1.29 is 9.47 Å². The summed E-state index contributed by atoms with van der Waals surface area (Å²) in [7, 11) is 1.78. The van der Waals surface area contributed by atoms with E-state index in [9.17, 15) is 0 Å². The largest absolute Gasteiger partial charge is 0.475 e. The molecule has 0 aliphatic rings. The summed E-state index contributed by atoms with van der Waals surface area (Å²) in [5, 5.41) is 2.89. The van der Waals surface area contributed by atoms with E-state index in [2.05, 4.69) is 29.1 Å². The third kappa shape index (κ3) is 5.49. The molecule has 0 fully saturated rings. The maximum atomic E-state index is 5.50. The van der Waals surface area contributed by atoms with Crippen LogP contribution in [0.3, 0.4) is 0 Å². The smallest absolute Gasteiger partial charge is 0.225 e. The maximum Gasteiger partial charge on any atom is 0.225 e. The third-order valence-corrected chi connectivity index (χ3v) is 1.98. The van der Waals surface area contributed by atoms with E-state index >= 15 is 0 Å². The SMILES string of the molecule is CNc1nc(C)cc(OCCOCC(C)C)n1. The molecule has 1 heterocycles. The first kappa shape index (κ1) is 13.7. The predicted molar refractivity (Wildman–Crippen MR) is 67.5 cm³/mol. The minimum atomic E-state index is 0.506. The van der Waals surface area contributed by atoms with E-state index < -0.39 is 0 Å². The lowest BCUT2D eigenvalue weighted by Gasteiger charge is -2.09. The van der Waals surface area contributed by atoms with Crippen molar-refractivity contribution in [3.05, 3.63) is 11.8 Å². The summed E-state index contributed by atoms with van der Waals surface area (Å²) in [5.74, 6) is 1.70. The van der Waals surface area contributed by atoms with Gasteiger partial charge in [0, 0.05) is 25.4 Å². The van der Waals surface area contributed by atoms with Crippen LogP contribution in [0.4, 0.5) is 5.95 Å². The van der Waals surface area contributed by atoms with Gasteiger partial charge in [-0.05, 0) is 12.8 Å². The first-order valence-corrected chi connectivity index (χ1v) is 5.85. The van der Waals surface area contributed by atoms with Gasteiger partial charge < -0.3 is 14.8 Å². The Kier molecular flexibility index (Phi) is 5.69. The minimum Gasteiger partial charge on any atom is -0.475 e. The Morgan fingerprint density at radius 3 is 2.71 bits per heavy atom. The van der Waals surface area contributed by atoms with Gasteiger partial charge in [0.25, 0.3) is 0 Å². The number of ether oxygens (including phenoxy) is 2. The molecule has 96 valence electrons. The Morgan fingerprint density at radius 2 is 2.06 bits per heavy atom. The van der Waals surface area contributed by atoms with Crippen LogP contribution >= 0.6 is 0 Å². The van der Waals surface area contributed by atoms with E-state index in [1.165, 1.54) is 0 Å². The molecule has 0 saturated carbocycles. The molecule has 0 atom stereocenters. The van der Waals surface area contributed by atoms with Crippen LogP contribution in [0, 0.1) is 12.8 Å². The molecule has 5 heteroatoms. The molecule has 0 radical (unpaired) electrons. The van der Waals surface area contributed by atoms with Crippen LogP contribution in [-0.4, -0.2) is 36.8 Å². The molecule has 0 aliphatic carbocycles. The van der Waals surface area contributed by atoms with Crippen molar-refractivity contribution >= 4 is 5.95 Å². The number of nitrogens with one attached hydrogen (secondary N) is 1. The molecule has 0 unspecified atom stereocenters. The van der Waals surface area contributed by atoms with Crippen molar-refractivity contribution in [3.8, 4) is 5.88 Å². The van der Waals surface area contributed by atoms with Gasteiger partial charge in [0.05, 0.1) is 6.61 Å². The number of hydrogen-bond acceptors (Lipinski definition) is 5. The molecule has 17 heavy (non-hydrogen) atoms. The lowest BCUT2D eigenvalue weighted by molar-refractivity contribution is 0.0806. The predicted octanol–water partition coefficient (Wildman–Crippen LogP) is 1.88. The van der Waals surface area contributed by atoms with E-state index in [4.69, 9.17) is 9.47 Å². The van der Waals surface area contributed by atoms with Crippen LogP contribution in [0.1, 0.15) is 19.5 Å². The zero-order valence-corrected chi connectivity index (χ0v) is 11.0. The minimum absolute atomic E-state index is 0.506. The fraction of sp³-hybridized carbons (Fsp3) is 0.667. The zero-order chi connectivity index (χ0) is 12.7. The van der Waals surface area contributed by atoms with Crippen molar-refractivity contribution in [3.63, 3.8) is 0 Å². The number of aryl methyl sites for hydroxylation is 1. The highest BCUT2D eigenvalue weighted by molar-refractivity contribution is 5.29. The van der Waals surface area contributed by atoms with Gasteiger partial charge in [0.2, 0.25) is 11.8 Å².